The van der Waals surface area contributed by atoms with Gasteiger partial charge in [-0.05, 0) is 55.0 Å². The van der Waals surface area contributed by atoms with Crippen molar-refractivity contribution in [3.8, 4) is 11.5 Å². The molecule has 2 aromatic heterocycles. The molecule has 1 N–H and O–H groups in total. The van der Waals surface area contributed by atoms with Gasteiger partial charge in [-0.2, -0.15) is 0 Å². The Kier molecular flexibility index (Phi) is 6.37. The molecule has 0 bridgehead atoms. The number of nitrogens with zero attached hydrogens (tertiary/aromatic N) is 7. The molecule has 0 aliphatic carbocycles. The van der Waals surface area contributed by atoms with E-state index in [1.165, 1.54) is 12.1 Å². The molecule has 1 saturated heterocycles. The number of hydrogen-bond acceptors (Lipinski definition) is 10. The third-order valence-electron chi connectivity index (χ3n) is 7.94. The van der Waals surface area contributed by atoms with Gasteiger partial charge in [0.1, 0.15) is 6.04 Å². The molecule has 4 aromatic rings. The number of tetrazole rings is 1. The van der Waals surface area contributed by atoms with Gasteiger partial charge in [0.25, 0.3) is 11.2 Å². The van der Waals surface area contributed by atoms with Crippen molar-refractivity contribution in [1.29, 1.82) is 0 Å². The Morgan fingerprint density at radius 3 is 2.45 bits per heavy atom. The summed E-state index contributed by atoms with van der Waals surface area (Å²) >= 11 is 0. The van der Waals surface area contributed by atoms with Crippen LogP contribution in [0.3, 0.4) is 0 Å². The van der Waals surface area contributed by atoms with Crippen molar-refractivity contribution in [3.05, 3.63) is 74.3 Å². The molecule has 1 fully saturated rings. The summed E-state index contributed by atoms with van der Waals surface area (Å²) in [7, 11) is 0. The lowest BCUT2D eigenvalue weighted by Crippen LogP contribution is -2.49. The minimum atomic E-state index is -0.501. The standard InChI is InChI=1S/C27H30N8O5/c1-4-27(2,3)34-25(29-30-31-34)24(20-13-17-14-22-23(40-16-39-22)15-21(17)28-26(20)36)33-11-9-32(10-12-33)18-5-7-19(8-6-18)35(37)38/h5-8,13-15,24H,4,9-12,16H2,1-3H3,(H,28,36). The van der Waals surface area contributed by atoms with Crippen molar-refractivity contribution in [2.24, 2.45) is 0 Å². The number of ether oxygens (including phenoxy) is 2. The van der Waals surface area contributed by atoms with E-state index in [9.17, 15) is 14.9 Å². The first-order valence-electron chi connectivity index (χ1n) is 13.2. The fourth-order valence-electron chi connectivity index (χ4n) is 5.28. The fourth-order valence-corrected chi connectivity index (χ4v) is 5.28. The van der Waals surface area contributed by atoms with Gasteiger partial charge in [-0.1, -0.05) is 6.92 Å². The lowest BCUT2D eigenvalue weighted by molar-refractivity contribution is -0.384. The smallest absolute Gasteiger partial charge is 0.269 e. The highest BCUT2D eigenvalue weighted by atomic mass is 16.7. The topological polar surface area (TPSA) is 145 Å². The number of piperazine rings is 1. The number of nitro groups is 1. The van der Waals surface area contributed by atoms with E-state index in [2.05, 4.69) is 51.1 Å². The number of aromatic nitrogens is 5. The van der Waals surface area contributed by atoms with Gasteiger partial charge in [0.15, 0.2) is 17.3 Å². The van der Waals surface area contributed by atoms with E-state index >= 15 is 0 Å². The van der Waals surface area contributed by atoms with E-state index in [0.717, 1.165) is 17.5 Å². The molecule has 2 aliphatic heterocycles. The molecule has 2 aliphatic rings. The summed E-state index contributed by atoms with van der Waals surface area (Å²) in [5, 5.41) is 24.7. The highest BCUT2D eigenvalue weighted by Crippen LogP contribution is 2.37. The lowest BCUT2D eigenvalue weighted by atomic mass is 9.98. The number of fused-ring (bicyclic) bond motifs is 2. The second-order valence-corrected chi connectivity index (χ2v) is 10.7. The summed E-state index contributed by atoms with van der Waals surface area (Å²) in [6.07, 6.45) is 0.795. The number of pyridine rings is 1. The normalized spacial score (nSPS) is 16.4. The molecular formula is C27H30N8O5. The second kappa shape index (κ2) is 9.90. The van der Waals surface area contributed by atoms with Gasteiger partial charge in [-0.3, -0.25) is 19.8 Å². The van der Waals surface area contributed by atoms with Crippen molar-refractivity contribution >= 4 is 22.3 Å². The zero-order valence-corrected chi connectivity index (χ0v) is 22.5. The molecule has 0 amide bonds. The van der Waals surface area contributed by atoms with E-state index in [1.54, 1.807) is 18.2 Å². The second-order valence-electron chi connectivity index (χ2n) is 10.7. The van der Waals surface area contributed by atoms with Gasteiger partial charge in [0.05, 0.1) is 16.0 Å². The van der Waals surface area contributed by atoms with Crippen molar-refractivity contribution in [2.75, 3.05) is 37.9 Å². The van der Waals surface area contributed by atoms with Crippen LogP contribution in [0, 0.1) is 10.1 Å². The summed E-state index contributed by atoms with van der Waals surface area (Å²) in [6, 6.07) is 11.6. The molecule has 0 saturated carbocycles. The van der Waals surface area contributed by atoms with E-state index in [1.807, 2.05) is 16.8 Å². The average Bonchev–Trinajstić information content (AvgIpc) is 3.63. The first kappa shape index (κ1) is 25.7. The summed E-state index contributed by atoms with van der Waals surface area (Å²) < 4.78 is 12.9. The van der Waals surface area contributed by atoms with E-state index in [4.69, 9.17) is 9.47 Å². The van der Waals surface area contributed by atoms with Crippen LogP contribution in [0.25, 0.3) is 10.9 Å². The molecule has 6 rings (SSSR count). The molecule has 0 spiro atoms. The SMILES string of the molecule is CCC(C)(C)n1nnnc1C(c1cc2cc3c(cc2[nH]c1=O)OCO3)N1CCN(c2ccc([N+](=O)[O-])cc2)CC1. The maximum atomic E-state index is 13.6. The number of benzene rings is 2. The van der Waals surface area contributed by atoms with E-state index < -0.39 is 11.0 Å². The highest BCUT2D eigenvalue weighted by Gasteiger charge is 2.36. The van der Waals surface area contributed by atoms with Gasteiger partial charge in [0.2, 0.25) is 6.79 Å². The number of nitro benzene ring substituents is 1. The van der Waals surface area contributed by atoms with Gasteiger partial charge in [-0.15, -0.1) is 5.10 Å². The quantitative estimate of drug-likeness (QED) is 0.271. The predicted octanol–water partition coefficient (Wildman–Crippen LogP) is 3.21. The lowest BCUT2D eigenvalue weighted by Gasteiger charge is -2.40. The van der Waals surface area contributed by atoms with E-state index in [-0.39, 0.29) is 23.6 Å². The predicted molar refractivity (Wildman–Crippen MR) is 147 cm³/mol. The summed E-state index contributed by atoms with van der Waals surface area (Å²) in [4.78, 5) is 31.7. The molecule has 13 nitrogen and oxygen atoms in total. The van der Waals surface area contributed by atoms with Crippen LogP contribution in [0.2, 0.25) is 0 Å². The van der Waals surface area contributed by atoms with Crippen LogP contribution in [0.15, 0.2) is 47.3 Å². The third-order valence-corrected chi connectivity index (χ3v) is 7.94. The Morgan fingerprint density at radius 1 is 1.07 bits per heavy atom. The number of aromatic amines is 1. The van der Waals surface area contributed by atoms with Gasteiger partial charge in [0, 0.05) is 61.0 Å². The minimum absolute atomic E-state index is 0.0611. The molecule has 2 aromatic carbocycles. The monoisotopic (exact) mass is 546 g/mol. The Labute approximate surface area is 229 Å². The maximum Gasteiger partial charge on any atom is 0.269 e. The van der Waals surface area contributed by atoms with E-state index in [0.29, 0.717) is 54.6 Å². The highest BCUT2D eigenvalue weighted by molar-refractivity contribution is 5.83. The molecule has 4 heterocycles. The molecule has 1 atom stereocenters. The number of nitrogens with one attached hydrogen (secondary N) is 1. The molecule has 208 valence electrons. The Hall–Kier alpha value is -4.52. The zero-order chi connectivity index (χ0) is 28.0. The summed E-state index contributed by atoms with van der Waals surface area (Å²) in [6.45, 7) is 8.94. The number of anilines is 1. The van der Waals surface area contributed by atoms with Crippen LogP contribution < -0.4 is 19.9 Å². The molecule has 13 heteroatoms. The Morgan fingerprint density at radius 2 is 1.77 bits per heavy atom. The van der Waals surface area contributed by atoms with Crippen LogP contribution in [0.4, 0.5) is 11.4 Å². The number of rotatable bonds is 7. The van der Waals surface area contributed by atoms with Crippen LogP contribution in [-0.4, -0.2) is 68.0 Å². The van der Waals surface area contributed by atoms with Crippen LogP contribution in [0.5, 0.6) is 11.5 Å². The van der Waals surface area contributed by atoms with Gasteiger partial charge >= 0.3 is 0 Å². The van der Waals surface area contributed by atoms with Crippen LogP contribution >= 0.6 is 0 Å². The summed E-state index contributed by atoms with van der Waals surface area (Å²) in [5.74, 6) is 1.83. The fraction of sp³-hybridized carbons (Fsp3) is 0.407. The Balaban J connectivity index is 1.38. The van der Waals surface area contributed by atoms with Crippen LogP contribution in [-0.2, 0) is 5.54 Å². The number of H-pyrrole nitrogens is 1. The molecule has 0 radical (unpaired) electrons. The van der Waals surface area contributed by atoms with Crippen molar-refractivity contribution in [2.45, 2.75) is 38.8 Å². The largest absolute Gasteiger partial charge is 0.454 e. The first-order chi connectivity index (χ1) is 19.2. The van der Waals surface area contributed by atoms with Crippen LogP contribution in [0.1, 0.15) is 44.6 Å². The van der Waals surface area contributed by atoms with Crippen molar-refractivity contribution in [3.63, 3.8) is 0 Å². The van der Waals surface area contributed by atoms with Crippen molar-refractivity contribution in [1.82, 2.24) is 30.1 Å². The molecular weight excluding hydrogens is 516 g/mol. The Bertz CT molecular complexity index is 1620. The first-order valence-corrected chi connectivity index (χ1v) is 13.2. The summed E-state index contributed by atoms with van der Waals surface area (Å²) in [5.41, 5.74) is 1.58. The van der Waals surface area contributed by atoms with Crippen molar-refractivity contribution < 1.29 is 14.4 Å². The van der Waals surface area contributed by atoms with Gasteiger partial charge in [-0.25, -0.2) is 4.68 Å². The van der Waals surface area contributed by atoms with Gasteiger partial charge < -0.3 is 19.4 Å². The zero-order valence-electron chi connectivity index (χ0n) is 22.5. The third kappa shape index (κ3) is 4.51. The average molecular weight is 547 g/mol. The number of hydrogen-bond donors (Lipinski definition) is 1. The molecule has 40 heavy (non-hydrogen) atoms. The number of non-ortho nitro benzene ring substituents is 1. The maximum absolute atomic E-state index is 13.6. The molecule has 1 unspecified atom stereocenters. The minimum Gasteiger partial charge on any atom is -0.454 e.